The van der Waals surface area contributed by atoms with Crippen LogP contribution in [0.5, 0.6) is 0 Å². The second-order valence-electron chi connectivity index (χ2n) is 8.28. The molecule has 0 spiro atoms. The Morgan fingerprint density at radius 1 is 1.13 bits per heavy atom. The number of amides is 1. The van der Waals surface area contributed by atoms with Crippen molar-refractivity contribution in [1.82, 2.24) is 14.9 Å². The zero-order valence-electron chi connectivity index (χ0n) is 18.0. The van der Waals surface area contributed by atoms with Gasteiger partial charge in [0.25, 0.3) is 5.91 Å². The number of nitrogens with zero attached hydrogens (tertiary/aromatic N) is 2. The van der Waals surface area contributed by atoms with E-state index in [1.165, 1.54) is 24.8 Å². The first kappa shape index (κ1) is 20.5. The quantitative estimate of drug-likeness (QED) is 0.479. The van der Waals surface area contributed by atoms with Crippen molar-refractivity contribution < 1.29 is 9.21 Å². The van der Waals surface area contributed by atoms with E-state index in [4.69, 9.17) is 9.40 Å². The average molecular weight is 406 g/mol. The Morgan fingerprint density at radius 2 is 1.90 bits per heavy atom. The molecular weight excluding hydrogens is 374 g/mol. The van der Waals surface area contributed by atoms with Crippen molar-refractivity contribution >= 4 is 5.91 Å². The highest BCUT2D eigenvalue weighted by Gasteiger charge is 2.25. The summed E-state index contributed by atoms with van der Waals surface area (Å²) < 4.78 is 8.33. The summed E-state index contributed by atoms with van der Waals surface area (Å²) in [7, 11) is 0. The first-order valence-corrected chi connectivity index (χ1v) is 11.2. The van der Waals surface area contributed by atoms with Crippen LogP contribution in [0.4, 0.5) is 0 Å². The molecule has 1 aromatic carbocycles. The molecule has 0 aliphatic heterocycles. The zero-order valence-corrected chi connectivity index (χ0v) is 18.0. The van der Waals surface area contributed by atoms with Crippen LogP contribution >= 0.6 is 0 Å². The minimum Gasteiger partial charge on any atom is -0.449 e. The summed E-state index contributed by atoms with van der Waals surface area (Å²) in [6.07, 6.45) is 10.0. The number of furan rings is 1. The van der Waals surface area contributed by atoms with Crippen molar-refractivity contribution in [3.05, 3.63) is 54.0 Å². The fraction of sp³-hybridized carbons (Fsp3) is 0.440. The van der Waals surface area contributed by atoms with Crippen LogP contribution in [0.25, 0.3) is 22.7 Å². The fourth-order valence-corrected chi connectivity index (χ4v) is 4.22. The SMILES string of the molecule is CCCCNC(=O)c1ccc(-c2c(-c3ccc(C)cc3)ncn2C2CCCCC2)o1. The Labute approximate surface area is 178 Å². The van der Waals surface area contributed by atoms with E-state index in [0.29, 0.717) is 24.1 Å². The molecule has 5 nitrogen and oxygen atoms in total. The Morgan fingerprint density at radius 3 is 2.63 bits per heavy atom. The summed E-state index contributed by atoms with van der Waals surface area (Å²) in [6, 6.07) is 12.5. The van der Waals surface area contributed by atoms with Crippen LogP contribution in [0.15, 0.2) is 47.1 Å². The maximum atomic E-state index is 12.5. The fourth-order valence-electron chi connectivity index (χ4n) is 4.22. The number of carbonyl (C=O) groups excluding carboxylic acids is 1. The van der Waals surface area contributed by atoms with Crippen LogP contribution in [0, 0.1) is 6.92 Å². The molecule has 30 heavy (non-hydrogen) atoms. The molecule has 158 valence electrons. The molecule has 5 heteroatoms. The molecule has 1 N–H and O–H groups in total. The van der Waals surface area contributed by atoms with Crippen molar-refractivity contribution in [2.75, 3.05) is 6.54 Å². The third-order valence-corrected chi connectivity index (χ3v) is 5.97. The lowest BCUT2D eigenvalue weighted by molar-refractivity contribution is 0.0926. The average Bonchev–Trinajstić information content (AvgIpc) is 3.42. The lowest BCUT2D eigenvalue weighted by Gasteiger charge is -2.24. The molecule has 2 heterocycles. The summed E-state index contributed by atoms with van der Waals surface area (Å²) in [4.78, 5) is 17.2. The van der Waals surface area contributed by atoms with Crippen molar-refractivity contribution in [2.24, 2.45) is 0 Å². The van der Waals surface area contributed by atoms with E-state index in [9.17, 15) is 4.79 Å². The van der Waals surface area contributed by atoms with Crippen molar-refractivity contribution in [2.45, 2.75) is 64.8 Å². The van der Waals surface area contributed by atoms with Crippen LogP contribution in [0.2, 0.25) is 0 Å². The minimum atomic E-state index is -0.157. The Balaban J connectivity index is 1.70. The van der Waals surface area contributed by atoms with Crippen molar-refractivity contribution in [3.8, 4) is 22.7 Å². The second kappa shape index (κ2) is 9.33. The number of unbranched alkanes of at least 4 members (excludes halogenated alkanes) is 1. The molecule has 0 unspecified atom stereocenters. The van der Waals surface area contributed by atoms with Gasteiger partial charge in [0.1, 0.15) is 5.69 Å². The van der Waals surface area contributed by atoms with Crippen LogP contribution in [-0.2, 0) is 0 Å². The van der Waals surface area contributed by atoms with Gasteiger partial charge >= 0.3 is 0 Å². The number of aryl methyl sites for hydroxylation is 1. The number of nitrogens with one attached hydrogen (secondary N) is 1. The van der Waals surface area contributed by atoms with Gasteiger partial charge in [0.2, 0.25) is 0 Å². The predicted molar refractivity (Wildman–Crippen MR) is 119 cm³/mol. The summed E-state index contributed by atoms with van der Waals surface area (Å²) in [6.45, 7) is 4.86. The number of imidazole rings is 1. The van der Waals surface area contributed by atoms with Gasteiger partial charge in [0.15, 0.2) is 11.5 Å². The predicted octanol–water partition coefficient (Wildman–Crippen LogP) is 6.15. The summed E-state index contributed by atoms with van der Waals surface area (Å²) in [5.74, 6) is 0.900. The van der Waals surface area contributed by atoms with Crippen molar-refractivity contribution in [3.63, 3.8) is 0 Å². The highest BCUT2D eigenvalue weighted by Crippen LogP contribution is 2.38. The molecule has 0 radical (unpaired) electrons. The van der Waals surface area contributed by atoms with Crippen LogP contribution in [0.1, 0.15) is 74.0 Å². The number of carbonyl (C=O) groups is 1. The summed E-state index contributed by atoms with van der Waals surface area (Å²) in [5.41, 5.74) is 4.16. The molecule has 2 aromatic heterocycles. The van der Waals surface area contributed by atoms with Gasteiger partial charge in [-0.15, -0.1) is 0 Å². The van der Waals surface area contributed by atoms with Gasteiger partial charge in [-0.2, -0.15) is 0 Å². The van der Waals surface area contributed by atoms with Gasteiger partial charge in [0.05, 0.1) is 12.0 Å². The summed E-state index contributed by atoms with van der Waals surface area (Å²) >= 11 is 0. The third kappa shape index (κ3) is 4.35. The first-order valence-electron chi connectivity index (χ1n) is 11.2. The topological polar surface area (TPSA) is 60.1 Å². The lowest BCUT2D eigenvalue weighted by atomic mass is 9.95. The molecule has 1 aliphatic rings. The monoisotopic (exact) mass is 405 g/mol. The molecule has 1 amide bonds. The van der Waals surface area contributed by atoms with E-state index in [2.05, 4.69) is 48.0 Å². The van der Waals surface area contributed by atoms with Gasteiger partial charge in [-0.3, -0.25) is 4.79 Å². The normalized spacial score (nSPS) is 14.7. The molecule has 4 rings (SSSR count). The third-order valence-electron chi connectivity index (χ3n) is 5.97. The van der Waals surface area contributed by atoms with Gasteiger partial charge in [-0.1, -0.05) is 62.4 Å². The first-order chi connectivity index (χ1) is 14.7. The molecule has 1 aliphatic carbocycles. The highest BCUT2D eigenvalue weighted by molar-refractivity contribution is 5.92. The molecule has 3 aromatic rings. The van der Waals surface area contributed by atoms with E-state index in [1.54, 1.807) is 6.07 Å². The molecule has 0 atom stereocenters. The minimum absolute atomic E-state index is 0.157. The Kier molecular flexibility index (Phi) is 6.36. The van der Waals surface area contributed by atoms with E-state index in [1.807, 2.05) is 12.4 Å². The highest BCUT2D eigenvalue weighted by atomic mass is 16.4. The largest absolute Gasteiger partial charge is 0.449 e. The lowest BCUT2D eigenvalue weighted by Crippen LogP contribution is -2.23. The van der Waals surface area contributed by atoms with Gasteiger partial charge in [-0.25, -0.2) is 4.98 Å². The molecular formula is C25H31N3O2. The van der Waals surface area contributed by atoms with E-state index in [-0.39, 0.29) is 5.91 Å². The van der Waals surface area contributed by atoms with Crippen LogP contribution < -0.4 is 5.32 Å². The van der Waals surface area contributed by atoms with E-state index < -0.39 is 0 Å². The Hall–Kier alpha value is -2.82. The van der Waals surface area contributed by atoms with Crippen LogP contribution in [-0.4, -0.2) is 22.0 Å². The van der Waals surface area contributed by atoms with Gasteiger partial charge in [-0.05, 0) is 38.3 Å². The molecule has 0 saturated heterocycles. The molecule has 1 saturated carbocycles. The number of aromatic nitrogens is 2. The smallest absolute Gasteiger partial charge is 0.287 e. The maximum absolute atomic E-state index is 12.5. The number of hydrogen-bond acceptors (Lipinski definition) is 3. The number of benzene rings is 1. The number of hydrogen-bond donors (Lipinski definition) is 1. The number of rotatable bonds is 7. The van der Waals surface area contributed by atoms with Crippen LogP contribution in [0.3, 0.4) is 0 Å². The van der Waals surface area contributed by atoms with Gasteiger partial charge < -0.3 is 14.3 Å². The van der Waals surface area contributed by atoms with E-state index >= 15 is 0 Å². The molecule has 1 fully saturated rings. The van der Waals surface area contributed by atoms with Crippen molar-refractivity contribution in [1.29, 1.82) is 0 Å². The summed E-state index contributed by atoms with van der Waals surface area (Å²) in [5, 5.41) is 2.93. The van der Waals surface area contributed by atoms with Gasteiger partial charge in [0, 0.05) is 18.2 Å². The standard InChI is InChI=1S/C25H31N3O2/c1-3-4-16-26-25(29)22-15-14-21(30-22)24-23(19-12-10-18(2)11-13-19)27-17-28(24)20-8-6-5-7-9-20/h10-15,17,20H,3-9,16H2,1-2H3,(H,26,29). The second-order valence-corrected chi connectivity index (χ2v) is 8.28. The Bertz CT molecular complexity index is 978. The molecule has 0 bridgehead atoms. The zero-order chi connectivity index (χ0) is 20.9. The van der Waals surface area contributed by atoms with E-state index in [0.717, 1.165) is 42.6 Å². The maximum Gasteiger partial charge on any atom is 0.287 e.